The highest BCUT2D eigenvalue weighted by Crippen LogP contribution is 2.35. The van der Waals surface area contributed by atoms with Gasteiger partial charge in [0.1, 0.15) is 0 Å². The Hall–Kier alpha value is -0.0800. The second kappa shape index (κ2) is 6.44. The summed E-state index contributed by atoms with van der Waals surface area (Å²) in [6.07, 6.45) is 3.17. The normalized spacial score (nSPS) is 28.0. The van der Waals surface area contributed by atoms with Crippen molar-refractivity contribution in [2.45, 2.75) is 40.0 Å². The third kappa shape index (κ3) is 3.11. The Balaban J connectivity index is 0.000000561. The summed E-state index contributed by atoms with van der Waals surface area (Å²) in [5.74, 6) is 0. The van der Waals surface area contributed by atoms with Gasteiger partial charge in [-0.2, -0.15) is 0 Å². The smallest absolute Gasteiger partial charge is 0.0524 e. The second-order valence-electron chi connectivity index (χ2n) is 3.13. The Morgan fingerprint density at radius 2 is 2.08 bits per heavy atom. The van der Waals surface area contributed by atoms with Crippen molar-refractivity contribution >= 4 is 0 Å². The highest BCUT2D eigenvalue weighted by atomic mass is 16.5. The quantitative estimate of drug-likeness (QED) is 0.711. The Morgan fingerprint density at radius 3 is 2.42 bits per heavy atom. The maximum Gasteiger partial charge on any atom is 0.0524 e. The van der Waals surface area contributed by atoms with E-state index >= 15 is 0 Å². The van der Waals surface area contributed by atoms with Gasteiger partial charge in [0.2, 0.25) is 0 Å². The van der Waals surface area contributed by atoms with Crippen LogP contribution in [-0.4, -0.2) is 24.9 Å². The van der Waals surface area contributed by atoms with Crippen LogP contribution in [-0.2, 0) is 4.74 Å². The van der Waals surface area contributed by atoms with Crippen molar-refractivity contribution in [3.63, 3.8) is 0 Å². The van der Waals surface area contributed by atoms with E-state index in [-0.39, 0.29) is 0 Å². The first kappa shape index (κ1) is 11.9. The SMILES string of the molecule is CC.CCC1(CCO)CCOC1. The van der Waals surface area contributed by atoms with Crippen molar-refractivity contribution in [1.82, 2.24) is 0 Å². The van der Waals surface area contributed by atoms with E-state index in [4.69, 9.17) is 9.84 Å². The van der Waals surface area contributed by atoms with Gasteiger partial charge in [-0.05, 0) is 24.7 Å². The monoisotopic (exact) mass is 174 g/mol. The van der Waals surface area contributed by atoms with E-state index < -0.39 is 0 Å². The van der Waals surface area contributed by atoms with E-state index in [0.717, 1.165) is 32.5 Å². The zero-order valence-electron chi connectivity index (χ0n) is 8.60. The van der Waals surface area contributed by atoms with Gasteiger partial charge in [0, 0.05) is 13.2 Å². The first-order valence-electron chi connectivity index (χ1n) is 5.01. The molecular weight excluding hydrogens is 152 g/mol. The van der Waals surface area contributed by atoms with Gasteiger partial charge in [-0.1, -0.05) is 20.8 Å². The molecule has 1 heterocycles. The molecule has 1 N–H and O–H groups in total. The van der Waals surface area contributed by atoms with Crippen molar-refractivity contribution in [2.75, 3.05) is 19.8 Å². The summed E-state index contributed by atoms with van der Waals surface area (Å²) >= 11 is 0. The summed E-state index contributed by atoms with van der Waals surface area (Å²) in [4.78, 5) is 0. The molecule has 1 saturated heterocycles. The Morgan fingerprint density at radius 1 is 1.42 bits per heavy atom. The maximum atomic E-state index is 8.77. The molecule has 2 nitrogen and oxygen atoms in total. The fourth-order valence-corrected chi connectivity index (χ4v) is 1.54. The molecule has 12 heavy (non-hydrogen) atoms. The van der Waals surface area contributed by atoms with Crippen LogP contribution in [0.1, 0.15) is 40.0 Å². The molecule has 0 aliphatic carbocycles. The molecule has 0 radical (unpaired) electrons. The first-order chi connectivity index (χ1) is 5.83. The van der Waals surface area contributed by atoms with Crippen LogP contribution in [0.4, 0.5) is 0 Å². The number of hydrogen-bond acceptors (Lipinski definition) is 2. The second-order valence-corrected chi connectivity index (χ2v) is 3.13. The van der Waals surface area contributed by atoms with Gasteiger partial charge >= 0.3 is 0 Å². The summed E-state index contributed by atoms with van der Waals surface area (Å²) in [7, 11) is 0. The average molecular weight is 174 g/mol. The zero-order chi connectivity index (χ0) is 9.45. The van der Waals surface area contributed by atoms with Crippen LogP contribution < -0.4 is 0 Å². The fourth-order valence-electron chi connectivity index (χ4n) is 1.54. The molecule has 2 heteroatoms. The van der Waals surface area contributed by atoms with Crippen molar-refractivity contribution in [3.8, 4) is 0 Å². The van der Waals surface area contributed by atoms with Gasteiger partial charge in [-0.25, -0.2) is 0 Å². The number of aliphatic hydroxyl groups excluding tert-OH is 1. The molecule has 1 aliphatic rings. The topological polar surface area (TPSA) is 29.5 Å². The molecule has 1 atom stereocenters. The maximum absolute atomic E-state index is 8.77. The van der Waals surface area contributed by atoms with Crippen molar-refractivity contribution in [1.29, 1.82) is 0 Å². The minimum Gasteiger partial charge on any atom is -0.396 e. The van der Waals surface area contributed by atoms with Crippen molar-refractivity contribution in [2.24, 2.45) is 5.41 Å². The number of hydrogen-bond donors (Lipinski definition) is 1. The lowest BCUT2D eigenvalue weighted by Crippen LogP contribution is -2.21. The molecule has 0 spiro atoms. The van der Waals surface area contributed by atoms with E-state index in [0.29, 0.717) is 12.0 Å². The first-order valence-corrected chi connectivity index (χ1v) is 5.01. The van der Waals surface area contributed by atoms with Gasteiger partial charge in [0.25, 0.3) is 0 Å². The van der Waals surface area contributed by atoms with Crippen LogP contribution in [0.5, 0.6) is 0 Å². The van der Waals surface area contributed by atoms with Gasteiger partial charge < -0.3 is 9.84 Å². The third-order valence-electron chi connectivity index (χ3n) is 2.58. The Bertz CT molecular complexity index is 96.0. The highest BCUT2D eigenvalue weighted by Gasteiger charge is 2.31. The van der Waals surface area contributed by atoms with Crippen LogP contribution in [0.25, 0.3) is 0 Å². The lowest BCUT2D eigenvalue weighted by Gasteiger charge is -2.23. The van der Waals surface area contributed by atoms with Gasteiger partial charge in [0.05, 0.1) is 6.61 Å². The predicted octanol–water partition coefficient (Wildman–Crippen LogP) is 2.21. The molecule has 0 aromatic rings. The van der Waals surface area contributed by atoms with E-state index in [9.17, 15) is 0 Å². The van der Waals surface area contributed by atoms with E-state index in [2.05, 4.69) is 6.92 Å². The molecule has 0 aromatic heterocycles. The molecule has 0 saturated carbocycles. The standard InChI is InChI=1S/C8H16O2.C2H6/c1-2-8(3-5-9)4-6-10-7-8;1-2/h9H,2-7H2,1H3;1-2H3. The summed E-state index contributed by atoms with van der Waals surface area (Å²) in [5.41, 5.74) is 0.314. The molecule has 1 fully saturated rings. The van der Waals surface area contributed by atoms with Crippen molar-refractivity contribution < 1.29 is 9.84 Å². The molecule has 0 aromatic carbocycles. The Kier molecular flexibility index (Phi) is 6.39. The lowest BCUT2D eigenvalue weighted by molar-refractivity contribution is 0.123. The minimum absolute atomic E-state index is 0.303. The fraction of sp³-hybridized carbons (Fsp3) is 1.00. The minimum atomic E-state index is 0.303. The summed E-state index contributed by atoms with van der Waals surface area (Å²) in [6, 6.07) is 0. The molecule has 0 amide bonds. The number of rotatable bonds is 3. The third-order valence-corrected chi connectivity index (χ3v) is 2.58. The predicted molar refractivity (Wildman–Crippen MR) is 51.2 cm³/mol. The highest BCUT2D eigenvalue weighted by molar-refractivity contribution is 4.81. The molecule has 1 aliphatic heterocycles. The number of ether oxygens (including phenoxy) is 1. The molecule has 0 bridgehead atoms. The van der Waals surface area contributed by atoms with Crippen molar-refractivity contribution in [3.05, 3.63) is 0 Å². The van der Waals surface area contributed by atoms with E-state index in [1.807, 2.05) is 13.8 Å². The largest absolute Gasteiger partial charge is 0.396 e. The van der Waals surface area contributed by atoms with E-state index in [1.165, 1.54) is 0 Å². The van der Waals surface area contributed by atoms with Crippen LogP contribution >= 0.6 is 0 Å². The van der Waals surface area contributed by atoms with Crippen LogP contribution in [0.2, 0.25) is 0 Å². The van der Waals surface area contributed by atoms with Gasteiger partial charge in [-0.3, -0.25) is 0 Å². The van der Waals surface area contributed by atoms with E-state index in [1.54, 1.807) is 0 Å². The van der Waals surface area contributed by atoms with Crippen LogP contribution in [0.3, 0.4) is 0 Å². The molecular formula is C10H22O2. The molecule has 1 rings (SSSR count). The summed E-state index contributed by atoms with van der Waals surface area (Å²) in [5, 5.41) is 8.77. The van der Waals surface area contributed by atoms with Gasteiger partial charge in [-0.15, -0.1) is 0 Å². The van der Waals surface area contributed by atoms with Crippen LogP contribution in [0.15, 0.2) is 0 Å². The molecule has 1 unspecified atom stereocenters. The average Bonchev–Trinajstić information content (AvgIpc) is 2.58. The lowest BCUT2D eigenvalue weighted by atomic mass is 9.82. The van der Waals surface area contributed by atoms with Crippen LogP contribution in [0, 0.1) is 5.41 Å². The molecule has 74 valence electrons. The van der Waals surface area contributed by atoms with Gasteiger partial charge in [0.15, 0.2) is 0 Å². The summed E-state index contributed by atoms with van der Waals surface area (Å²) < 4.78 is 5.29. The summed E-state index contributed by atoms with van der Waals surface area (Å²) in [6.45, 7) is 8.21. The zero-order valence-corrected chi connectivity index (χ0v) is 8.60. The Labute approximate surface area is 75.9 Å². The number of aliphatic hydroxyl groups is 1.